The van der Waals surface area contributed by atoms with Crippen LogP contribution in [0.3, 0.4) is 0 Å². The minimum atomic E-state index is -1.03. The fraction of sp³-hybridized carbons (Fsp3) is 0.800. The Bertz CT molecular complexity index is 350. The standard InChI is InChI=1S/C20H36O4/c1-2-3-4-5-6-7-8-9-10-11-12-13-14-15-16-18(20(23)24)17-19(21)22/h7-8,18H,2-6,9-17H2,1H3,(H,21,22)(H,23,24). The first kappa shape index (κ1) is 22.7. The quantitative estimate of drug-likeness (QED) is 0.259. The van der Waals surface area contributed by atoms with Crippen LogP contribution in [0, 0.1) is 5.92 Å². The molecule has 0 aromatic heterocycles. The van der Waals surface area contributed by atoms with Gasteiger partial charge in [0.05, 0.1) is 12.3 Å². The molecule has 0 saturated heterocycles. The molecule has 0 aliphatic heterocycles. The van der Waals surface area contributed by atoms with E-state index in [1.807, 2.05) is 0 Å². The Kier molecular flexibility index (Phi) is 15.6. The van der Waals surface area contributed by atoms with Gasteiger partial charge in [0, 0.05) is 0 Å². The highest BCUT2D eigenvalue weighted by atomic mass is 16.4. The topological polar surface area (TPSA) is 74.6 Å². The molecule has 0 aliphatic carbocycles. The number of unbranched alkanes of at least 4 members (excludes halogenated alkanes) is 10. The van der Waals surface area contributed by atoms with E-state index in [0.717, 1.165) is 25.7 Å². The zero-order chi connectivity index (χ0) is 18.0. The summed E-state index contributed by atoms with van der Waals surface area (Å²) in [5.74, 6) is -2.75. The highest BCUT2D eigenvalue weighted by Gasteiger charge is 2.19. The fourth-order valence-electron chi connectivity index (χ4n) is 2.81. The van der Waals surface area contributed by atoms with Gasteiger partial charge in [-0.2, -0.15) is 0 Å². The summed E-state index contributed by atoms with van der Waals surface area (Å²) in [5, 5.41) is 17.6. The highest BCUT2D eigenvalue weighted by molar-refractivity contribution is 5.77. The average molecular weight is 341 g/mol. The summed E-state index contributed by atoms with van der Waals surface area (Å²) in [6.07, 6.45) is 19.0. The van der Waals surface area contributed by atoms with Gasteiger partial charge in [-0.3, -0.25) is 9.59 Å². The number of carboxylic acid groups (broad SMARTS) is 2. The predicted molar refractivity (Wildman–Crippen MR) is 98.2 cm³/mol. The molecule has 0 aromatic carbocycles. The van der Waals surface area contributed by atoms with Crippen molar-refractivity contribution in [3.05, 3.63) is 12.2 Å². The Morgan fingerprint density at radius 2 is 1.29 bits per heavy atom. The van der Waals surface area contributed by atoms with Gasteiger partial charge in [-0.1, -0.05) is 70.4 Å². The molecular weight excluding hydrogens is 304 g/mol. The lowest BCUT2D eigenvalue weighted by molar-refractivity contribution is -0.148. The molecule has 0 bridgehead atoms. The first-order chi connectivity index (χ1) is 11.6. The van der Waals surface area contributed by atoms with E-state index in [0.29, 0.717) is 6.42 Å². The zero-order valence-electron chi connectivity index (χ0n) is 15.3. The first-order valence-corrected chi connectivity index (χ1v) is 9.67. The Balaban J connectivity index is 3.39. The highest BCUT2D eigenvalue weighted by Crippen LogP contribution is 2.16. The number of hydrogen-bond acceptors (Lipinski definition) is 2. The molecule has 4 nitrogen and oxygen atoms in total. The molecule has 0 rings (SSSR count). The monoisotopic (exact) mass is 340 g/mol. The van der Waals surface area contributed by atoms with E-state index < -0.39 is 17.9 Å². The number of hydrogen-bond donors (Lipinski definition) is 2. The molecule has 24 heavy (non-hydrogen) atoms. The third-order valence-corrected chi connectivity index (χ3v) is 4.33. The average Bonchev–Trinajstić information content (AvgIpc) is 2.53. The van der Waals surface area contributed by atoms with Gasteiger partial charge in [0.1, 0.15) is 0 Å². The van der Waals surface area contributed by atoms with Gasteiger partial charge >= 0.3 is 11.9 Å². The summed E-state index contributed by atoms with van der Waals surface area (Å²) < 4.78 is 0. The zero-order valence-corrected chi connectivity index (χ0v) is 15.3. The van der Waals surface area contributed by atoms with Crippen LogP contribution in [-0.2, 0) is 9.59 Å². The molecule has 4 heteroatoms. The second-order valence-corrected chi connectivity index (χ2v) is 6.65. The summed E-state index contributed by atoms with van der Waals surface area (Å²) in [5.41, 5.74) is 0. The van der Waals surface area contributed by atoms with Crippen LogP contribution in [0.1, 0.15) is 96.8 Å². The Morgan fingerprint density at radius 3 is 1.79 bits per heavy atom. The normalized spacial score (nSPS) is 12.5. The fourth-order valence-corrected chi connectivity index (χ4v) is 2.81. The number of allylic oxidation sites excluding steroid dienone is 2. The van der Waals surface area contributed by atoms with Crippen LogP contribution in [0.5, 0.6) is 0 Å². The van der Waals surface area contributed by atoms with Crippen molar-refractivity contribution < 1.29 is 19.8 Å². The molecule has 1 atom stereocenters. The number of carboxylic acids is 2. The van der Waals surface area contributed by atoms with Gasteiger partial charge in [0.25, 0.3) is 0 Å². The van der Waals surface area contributed by atoms with Crippen molar-refractivity contribution in [3.63, 3.8) is 0 Å². The van der Waals surface area contributed by atoms with Gasteiger partial charge < -0.3 is 10.2 Å². The van der Waals surface area contributed by atoms with Crippen molar-refractivity contribution in [2.75, 3.05) is 0 Å². The van der Waals surface area contributed by atoms with E-state index in [1.54, 1.807) is 0 Å². The smallest absolute Gasteiger partial charge is 0.307 e. The van der Waals surface area contributed by atoms with Crippen LogP contribution in [0.2, 0.25) is 0 Å². The van der Waals surface area contributed by atoms with Crippen LogP contribution >= 0.6 is 0 Å². The number of aliphatic carboxylic acids is 2. The molecular formula is C20H36O4. The summed E-state index contributed by atoms with van der Waals surface area (Å²) >= 11 is 0. The summed E-state index contributed by atoms with van der Waals surface area (Å²) in [4.78, 5) is 21.5. The van der Waals surface area contributed by atoms with E-state index in [2.05, 4.69) is 19.1 Å². The summed E-state index contributed by atoms with van der Waals surface area (Å²) in [6.45, 7) is 2.23. The van der Waals surface area contributed by atoms with Crippen molar-refractivity contribution in [2.24, 2.45) is 5.92 Å². The number of carbonyl (C=O) groups is 2. The number of rotatable bonds is 17. The molecule has 0 saturated carbocycles. The van der Waals surface area contributed by atoms with Gasteiger partial charge in [-0.05, 0) is 32.1 Å². The molecule has 140 valence electrons. The van der Waals surface area contributed by atoms with Gasteiger partial charge in [0.15, 0.2) is 0 Å². The lowest BCUT2D eigenvalue weighted by Crippen LogP contribution is -2.17. The van der Waals surface area contributed by atoms with Gasteiger partial charge in [-0.25, -0.2) is 0 Å². The van der Waals surface area contributed by atoms with Crippen molar-refractivity contribution in [1.29, 1.82) is 0 Å². The second-order valence-electron chi connectivity index (χ2n) is 6.65. The summed E-state index contributed by atoms with van der Waals surface area (Å²) in [7, 11) is 0. The van der Waals surface area contributed by atoms with Crippen molar-refractivity contribution in [2.45, 2.75) is 96.8 Å². The Labute approximate surface area is 147 Å². The largest absolute Gasteiger partial charge is 0.481 e. The van der Waals surface area contributed by atoms with E-state index in [9.17, 15) is 9.59 Å². The van der Waals surface area contributed by atoms with E-state index in [-0.39, 0.29) is 6.42 Å². The van der Waals surface area contributed by atoms with Crippen molar-refractivity contribution >= 4 is 11.9 Å². The molecule has 0 heterocycles. The molecule has 0 aliphatic rings. The SMILES string of the molecule is CCCCCCC=CCCCCCCCCC(CC(=O)O)C(=O)O. The lowest BCUT2D eigenvalue weighted by atomic mass is 9.97. The van der Waals surface area contributed by atoms with E-state index in [1.165, 1.54) is 51.4 Å². The maximum atomic E-state index is 10.9. The van der Waals surface area contributed by atoms with Crippen molar-refractivity contribution in [3.8, 4) is 0 Å². The molecule has 0 spiro atoms. The minimum absolute atomic E-state index is 0.264. The third-order valence-electron chi connectivity index (χ3n) is 4.33. The predicted octanol–water partition coefficient (Wildman–Crippen LogP) is 5.81. The van der Waals surface area contributed by atoms with Crippen LogP contribution in [-0.4, -0.2) is 22.2 Å². The molecule has 0 amide bonds. The van der Waals surface area contributed by atoms with Gasteiger partial charge in [-0.15, -0.1) is 0 Å². The first-order valence-electron chi connectivity index (χ1n) is 9.67. The molecule has 0 radical (unpaired) electrons. The van der Waals surface area contributed by atoms with Gasteiger partial charge in [0.2, 0.25) is 0 Å². The molecule has 0 aromatic rings. The van der Waals surface area contributed by atoms with Crippen LogP contribution in [0.15, 0.2) is 12.2 Å². The molecule has 0 fully saturated rings. The lowest BCUT2D eigenvalue weighted by Gasteiger charge is -2.09. The summed E-state index contributed by atoms with van der Waals surface area (Å²) in [6, 6.07) is 0. The van der Waals surface area contributed by atoms with E-state index >= 15 is 0 Å². The minimum Gasteiger partial charge on any atom is -0.481 e. The molecule has 1 unspecified atom stereocenters. The van der Waals surface area contributed by atoms with Crippen molar-refractivity contribution in [1.82, 2.24) is 0 Å². The molecule has 2 N–H and O–H groups in total. The van der Waals surface area contributed by atoms with Crippen LogP contribution in [0.4, 0.5) is 0 Å². The third kappa shape index (κ3) is 15.6. The van der Waals surface area contributed by atoms with E-state index in [4.69, 9.17) is 10.2 Å². The maximum Gasteiger partial charge on any atom is 0.307 e. The Morgan fingerprint density at radius 1 is 0.792 bits per heavy atom. The Hall–Kier alpha value is -1.32. The van der Waals surface area contributed by atoms with Crippen LogP contribution in [0.25, 0.3) is 0 Å². The second kappa shape index (κ2) is 16.5. The van der Waals surface area contributed by atoms with Crippen LogP contribution < -0.4 is 0 Å². The maximum absolute atomic E-state index is 10.9.